The van der Waals surface area contributed by atoms with Crippen LogP contribution in [-0.2, 0) is 12.1 Å². The van der Waals surface area contributed by atoms with Crippen LogP contribution in [0.15, 0.2) is 12.4 Å². The van der Waals surface area contributed by atoms with E-state index in [1.807, 2.05) is 17.8 Å². The van der Waals surface area contributed by atoms with Gasteiger partial charge in [0.2, 0.25) is 0 Å². The molecule has 88 valence electrons. The third-order valence-electron chi connectivity index (χ3n) is 2.26. The van der Waals surface area contributed by atoms with Crippen LogP contribution in [-0.4, -0.2) is 16.3 Å². The molecule has 1 aromatic heterocycles. The molecule has 0 aromatic carbocycles. The highest BCUT2D eigenvalue weighted by molar-refractivity contribution is 5.05. The minimum absolute atomic E-state index is 0.0614. The topological polar surface area (TPSA) is 29.9 Å². The number of aromatic nitrogens is 2. The molecule has 0 unspecified atom stereocenters. The summed E-state index contributed by atoms with van der Waals surface area (Å²) in [7, 11) is 0. The predicted octanol–water partition coefficient (Wildman–Crippen LogP) is 2.14. The number of hydrogen-bond donors (Lipinski definition) is 1. The molecule has 0 saturated heterocycles. The van der Waals surface area contributed by atoms with E-state index in [2.05, 4.69) is 49.2 Å². The van der Waals surface area contributed by atoms with Gasteiger partial charge in [-0.05, 0) is 27.7 Å². The zero-order chi connectivity index (χ0) is 12.0. The highest BCUT2D eigenvalue weighted by Gasteiger charge is 2.13. The average Bonchev–Trinajstić information content (AvgIpc) is 2.65. The SMILES string of the molecule is CC#CCCNCc1cnn(C(C)(C)C)c1. The first kappa shape index (κ1) is 12.8. The summed E-state index contributed by atoms with van der Waals surface area (Å²) in [6, 6.07) is 0. The first-order chi connectivity index (χ1) is 7.54. The summed E-state index contributed by atoms with van der Waals surface area (Å²) in [5, 5.41) is 7.70. The van der Waals surface area contributed by atoms with Gasteiger partial charge in [0.15, 0.2) is 0 Å². The van der Waals surface area contributed by atoms with Gasteiger partial charge in [-0.15, -0.1) is 11.8 Å². The summed E-state index contributed by atoms with van der Waals surface area (Å²) >= 11 is 0. The fourth-order valence-electron chi connectivity index (χ4n) is 1.33. The van der Waals surface area contributed by atoms with E-state index in [1.54, 1.807) is 0 Å². The van der Waals surface area contributed by atoms with Crippen LogP contribution in [0.4, 0.5) is 0 Å². The maximum absolute atomic E-state index is 4.35. The van der Waals surface area contributed by atoms with Crippen molar-refractivity contribution in [1.29, 1.82) is 0 Å². The molecule has 0 spiro atoms. The molecule has 1 aromatic rings. The highest BCUT2D eigenvalue weighted by Crippen LogP contribution is 2.12. The second-order valence-corrected chi connectivity index (χ2v) is 4.82. The Kier molecular flexibility index (Phi) is 4.57. The summed E-state index contributed by atoms with van der Waals surface area (Å²) in [5.74, 6) is 5.91. The molecule has 0 aliphatic rings. The molecule has 0 fully saturated rings. The van der Waals surface area contributed by atoms with Crippen LogP contribution in [0.5, 0.6) is 0 Å². The Bertz CT molecular complexity index is 374. The normalized spacial score (nSPS) is 11.0. The lowest BCUT2D eigenvalue weighted by atomic mass is 10.1. The first-order valence-electron chi connectivity index (χ1n) is 5.68. The average molecular weight is 219 g/mol. The van der Waals surface area contributed by atoms with Gasteiger partial charge in [-0.2, -0.15) is 5.10 Å². The summed E-state index contributed by atoms with van der Waals surface area (Å²) in [5.41, 5.74) is 1.28. The van der Waals surface area contributed by atoms with Crippen molar-refractivity contribution in [1.82, 2.24) is 15.1 Å². The zero-order valence-electron chi connectivity index (χ0n) is 10.7. The van der Waals surface area contributed by atoms with Crippen molar-refractivity contribution in [2.75, 3.05) is 6.54 Å². The van der Waals surface area contributed by atoms with Gasteiger partial charge in [0.1, 0.15) is 0 Å². The second kappa shape index (κ2) is 5.72. The Morgan fingerprint density at radius 1 is 1.44 bits per heavy atom. The number of rotatable bonds is 4. The molecule has 0 aliphatic carbocycles. The zero-order valence-corrected chi connectivity index (χ0v) is 10.7. The van der Waals surface area contributed by atoms with Crippen LogP contribution in [0, 0.1) is 11.8 Å². The summed E-state index contributed by atoms with van der Waals surface area (Å²) in [6.45, 7) is 10.1. The van der Waals surface area contributed by atoms with E-state index in [0.717, 1.165) is 19.5 Å². The van der Waals surface area contributed by atoms with Gasteiger partial charge in [0.25, 0.3) is 0 Å². The molecular formula is C13H21N3. The quantitative estimate of drug-likeness (QED) is 0.621. The van der Waals surface area contributed by atoms with Gasteiger partial charge >= 0.3 is 0 Å². The van der Waals surface area contributed by atoms with Gasteiger partial charge in [0, 0.05) is 31.3 Å². The van der Waals surface area contributed by atoms with E-state index < -0.39 is 0 Å². The molecule has 16 heavy (non-hydrogen) atoms. The summed E-state index contributed by atoms with van der Waals surface area (Å²) in [6.07, 6.45) is 4.92. The molecule has 0 radical (unpaired) electrons. The minimum atomic E-state index is 0.0614. The van der Waals surface area contributed by atoms with E-state index in [9.17, 15) is 0 Å². The molecule has 3 heteroatoms. The third-order valence-corrected chi connectivity index (χ3v) is 2.26. The fourth-order valence-corrected chi connectivity index (χ4v) is 1.33. The first-order valence-corrected chi connectivity index (χ1v) is 5.68. The van der Waals surface area contributed by atoms with Crippen molar-refractivity contribution in [2.24, 2.45) is 0 Å². The molecule has 1 N–H and O–H groups in total. The number of hydrogen-bond acceptors (Lipinski definition) is 2. The Morgan fingerprint density at radius 3 is 2.75 bits per heavy atom. The Labute approximate surface area is 98.2 Å². The smallest absolute Gasteiger partial charge is 0.0543 e. The maximum atomic E-state index is 4.35. The van der Waals surface area contributed by atoms with Gasteiger partial charge in [-0.25, -0.2) is 0 Å². The lowest BCUT2D eigenvalue weighted by Crippen LogP contribution is -2.22. The fraction of sp³-hybridized carbons (Fsp3) is 0.615. The predicted molar refractivity (Wildman–Crippen MR) is 67.0 cm³/mol. The molecule has 0 saturated carbocycles. The van der Waals surface area contributed by atoms with E-state index in [1.165, 1.54) is 5.56 Å². The van der Waals surface area contributed by atoms with Crippen LogP contribution >= 0.6 is 0 Å². The maximum Gasteiger partial charge on any atom is 0.0543 e. The highest BCUT2D eigenvalue weighted by atomic mass is 15.3. The van der Waals surface area contributed by atoms with Crippen LogP contribution in [0.1, 0.15) is 39.7 Å². The number of nitrogens with zero attached hydrogens (tertiary/aromatic N) is 2. The molecule has 3 nitrogen and oxygen atoms in total. The largest absolute Gasteiger partial charge is 0.312 e. The third kappa shape index (κ3) is 4.08. The van der Waals surface area contributed by atoms with Gasteiger partial charge < -0.3 is 5.32 Å². The van der Waals surface area contributed by atoms with Gasteiger partial charge in [-0.1, -0.05) is 0 Å². The number of nitrogens with one attached hydrogen (secondary N) is 1. The summed E-state index contributed by atoms with van der Waals surface area (Å²) in [4.78, 5) is 0. The molecule has 0 aliphatic heterocycles. The van der Waals surface area contributed by atoms with Crippen molar-refractivity contribution in [3.8, 4) is 11.8 Å². The monoisotopic (exact) mass is 219 g/mol. The standard InChI is InChI=1S/C13H21N3/c1-5-6-7-8-14-9-12-10-15-16(11-12)13(2,3)4/h10-11,14H,7-9H2,1-4H3. The van der Waals surface area contributed by atoms with E-state index in [0.29, 0.717) is 0 Å². The van der Waals surface area contributed by atoms with Crippen molar-refractivity contribution < 1.29 is 0 Å². The second-order valence-electron chi connectivity index (χ2n) is 4.82. The van der Waals surface area contributed by atoms with Crippen molar-refractivity contribution in [3.63, 3.8) is 0 Å². The Balaban J connectivity index is 2.37. The molecule has 1 rings (SSSR count). The molecule has 0 atom stereocenters. The van der Waals surface area contributed by atoms with Gasteiger partial charge in [0.05, 0.1) is 11.7 Å². The van der Waals surface area contributed by atoms with Crippen molar-refractivity contribution in [2.45, 2.75) is 46.2 Å². The van der Waals surface area contributed by atoms with Crippen molar-refractivity contribution >= 4 is 0 Å². The van der Waals surface area contributed by atoms with Crippen LogP contribution in [0.25, 0.3) is 0 Å². The van der Waals surface area contributed by atoms with Crippen LogP contribution in [0.3, 0.4) is 0 Å². The van der Waals surface area contributed by atoms with Gasteiger partial charge in [-0.3, -0.25) is 4.68 Å². The lowest BCUT2D eigenvalue weighted by molar-refractivity contribution is 0.355. The molecule has 0 amide bonds. The minimum Gasteiger partial charge on any atom is -0.312 e. The van der Waals surface area contributed by atoms with E-state index in [4.69, 9.17) is 0 Å². The Hall–Kier alpha value is -1.27. The van der Waals surface area contributed by atoms with Crippen LogP contribution < -0.4 is 5.32 Å². The Morgan fingerprint density at radius 2 is 2.19 bits per heavy atom. The molecular weight excluding hydrogens is 198 g/mol. The summed E-state index contributed by atoms with van der Waals surface area (Å²) < 4.78 is 2.00. The lowest BCUT2D eigenvalue weighted by Gasteiger charge is -2.18. The van der Waals surface area contributed by atoms with E-state index in [-0.39, 0.29) is 5.54 Å². The van der Waals surface area contributed by atoms with Crippen molar-refractivity contribution in [3.05, 3.63) is 18.0 Å². The van der Waals surface area contributed by atoms with Crippen LogP contribution in [0.2, 0.25) is 0 Å². The van der Waals surface area contributed by atoms with E-state index >= 15 is 0 Å². The molecule has 1 heterocycles. The molecule has 0 bridgehead atoms.